The maximum atomic E-state index is 12.5. The fraction of sp³-hybridized carbons (Fsp3) is 0.222. The first-order valence-electron chi connectivity index (χ1n) is 8.92. The molecule has 0 saturated heterocycles. The van der Waals surface area contributed by atoms with Crippen LogP contribution in [0, 0.1) is 10.1 Å². The molecular formula is C18H15N3O8S2. The fourth-order valence-electron chi connectivity index (χ4n) is 2.83. The maximum absolute atomic E-state index is 12.5. The van der Waals surface area contributed by atoms with Gasteiger partial charge in [0, 0.05) is 18.2 Å². The zero-order valence-corrected chi connectivity index (χ0v) is 17.6. The number of fused-ring (bicyclic) bond motifs is 2. The SMILES string of the molecule is C[C@@H](OS(=O)(=O)c1ccccc1[N+](=O)[O-])C(=O)Nc1nc2cc3c(cc2s1)OCCO3. The third-order valence-corrected chi connectivity index (χ3v) is 6.61. The molecule has 0 unspecified atom stereocenters. The molecule has 31 heavy (non-hydrogen) atoms. The van der Waals surface area contributed by atoms with Crippen molar-refractivity contribution in [3.8, 4) is 11.5 Å². The van der Waals surface area contributed by atoms with E-state index in [-0.39, 0.29) is 5.13 Å². The van der Waals surface area contributed by atoms with Gasteiger partial charge in [-0.1, -0.05) is 23.5 Å². The first-order valence-corrected chi connectivity index (χ1v) is 11.1. The molecule has 1 aliphatic heterocycles. The Balaban J connectivity index is 1.50. The molecular weight excluding hydrogens is 450 g/mol. The van der Waals surface area contributed by atoms with Gasteiger partial charge in [-0.2, -0.15) is 8.42 Å². The molecule has 0 aliphatic carbocycles. The summed E-state index contributed by atoms with van der Waals surface area (Å²) in [4.78, 5) is 26.4. The van der Waals surface area contributed by atoms with Crippen LogP contribution in [0.5, 0.6) is 11.5 Å². The van der Waals surface area contributed by atoms with E-state index in [4.69, 9.17) is 13.7 Å². The van der Waals surface area contributed by atoms with Gasteiger partial charge < -0.3 is 9.47 Å². The largest absolute Gasteiger partial charge is 0.486 e. The highest BCUT2D eigenvalue weighted by atomic mass is 32.2. The Kier molecular flexibility index (Phi) is 5.47. The van der Waals surface area contributed by atoms with E-state index in [0.29, 0.717) is 30.2 Å². The van der Waals surface area contributed by atoms with Gasteiger partial charge in [0.2, 0.25) is 0 Å². The van der Waals surface area contributed by atoms with Crippen molar-refractivity contribution in [2.45, 2.75) is 17.9 Å². The summed E-state index contributed by atoms with van der Waals surface area (Å²) in [5.74, 6) is 0.347. The summed E-state index contributed by atoms with van der Waals surface area (Å²) in [6.07, 6.45) is -1.46. The highest BCUT2D eigenvalue weighted by molar-refractivity contribution is 7.87. The first-order chi connectivity index (χ1) is 14.7. The van der Waals surface area contributed by atoms with Crippen molar-refractivity contribution in [2.75, 3.05) is 18.5 Å². The van der Waals surface area contributed by atoms with E-state index >= 15 is 0 Å². The Morgan fingerprint density at radius 2 is 1.94 bits per heavy atom. The molecule has 1 amide bonds. The smallest absolute Gasteiger partial charge is 0.304 e. The number of carbonyl (C=O) groups excluding carboxylic acids is 1. The van der Waals surface area contributed by atoms with Crippen molar-refractivity contribution in [3.63, 3.8) is 0 Å². The van der Waals surface area contributed by atoms with Gasteiger partial charge in [-0.05, 0) is 13.0 Å². The van der Waals surface area contributed by atoms with Crippen molar-refractivity contribution in [1.29, 1.82) is 0 Å². The molecule has 0 saturated carbocycles. The number of nitro benzene ring substituents is 1. The molecule has 2 aromatic carbocycles. The van der Waals surface area contributed by atoms with Crippen LogP contribution in [0.1, 0.15) is 6.92 Å². The number of para-hydroxylation sites is 1. The van der Waals surface area contributed by atoms with Crippen LogP contribution in [0.15, 0.2) is 41.3 Å². The number of hydrogen-bond acceptors (Lipinski definition) is 10. The second kappa shape index (κ2) is 8.09. The summed E-state index contributed by atoms with van der Waals surface area (Å²) in [6, 6.07) is 8.16. The molecule has 162 valence electrons. The minimum atomic E-state index is -4.56. The molecule has 13 heteroatoms. The normalized spacial score (nSPS) is 14.2. The second-order valence-electron chi connectivity index (χ2n) is 6.39. The minimum absolute atomic E-state index is 0.223. The third-order valence-electron chi connectivity index (χ3n) is 4.25. The summed E-state index contributed by atoms with van der Waals surface area (Å²) in [7, 11) is -4.56. The van der Waals surface area contributed by atoms with Crippen LogP contribution in [-0.4, -0.2) is 43.5 Å². The van der Waals surface area contributed by atoms with Gasteiger partial charge in [0.15, 0.2) is 27.6 Å². The Morgan fingerprint density at radius 1 is 1.26 bits per heavy atom. The van der Waals surface area contributed by atoms with Crippen LogP contribution < -0.4 is 14.8 Å². The molecule has 0 bridgehead atoms. The van der Waals surface area contributed by atoms with Gasteiger partial charge in [0.1, 0.15) is 13.2 Å². The first kappa shape index (κ1) is 21.0. The number of carbonyl (C=O) groups is 1. The van der Waals surface area contributed by atoms with Gasteiger partial charge in [-0.25, -0.2) is 4.98 Å². The number of nitrogens with one attached hydrogen (secondary N) is 1. The topological polar surface area (TPSA) is 147 Å². The molecule has 1 aliphatic rings. The molecule has 0 spiro atoms. The van der Waals surface area contributed by atoms with Gasteiger partial charge >= 0.3 is 10.1 Å². The van der Waals surface area contributed by atoms with Gasteiger partial charge in [-0.15, -0.1) is 0 Å². The van der Waals surface area contributed by atoms with Crippen LogP contribution >= 0.6 is 11.3 Å². The Bertz CT molecular complexity index is 1250. The summed E-state index contributed by atoms with van der Waals surface area (Å²) < 4.78 is 41.6. The van der Waals surface area contributed by atoms with E-state index in [1.54, 1.807) is 12.1 Å². The van der Waals surface area contributed by atoms with Gasteiger partial charge in [0.25, 0.3) is 11.6 Å². The van der Waals surface area contributed by atoms with Crippen molar-refractivity contribution in [3.05, 3.63) is 46.5 Å². The van der Waals surface area contributed by atoms with Gasteiger partial charge in [-0.3, -0.25) is 24.4 Å². The zero-order chi connectivity index (χ0) is 22.2. The summed E-state index contributed by atoms with van der Waals surface area (Å²) in [5, 5.41) is 13.8. The zero-order valence-electron chi connectivity index (χ0n) is 15.9. The van der Waals surface area contributed by atoms with E-state index in [9.17, 15) is 23.3 Å². The van der Waals surface area contributed by atoms with E-state index in [0.717, 1.165) is 28.2 Å². The van der Waals surface area contributed by atoms with E-state index in [1.807, 2.05) is 0 Å². The highest BCUT2D eigenvalue weighted by Crippen LogP contribution is 2.38. The monoisotopic (exact) mass is 465 g/mol. The van der Waals surface area contributed by atoms with Crippen LogP contribution in [0.25, 0.3) is 10.2 Å². The molecule has 1 aromatic heterocycles. The number of thiazole rings is 1. The van der Waals surface area contributed by atoms with Crippen molar-refractivity contribution in [1.82, 2.24) is 4.98 Å². The van der Waals surface area contributed by atoms with Crippen LogP contribution in [-0.2, 0) is 19.1 Å². The van der Waals surface area contributed by atoms with E-state index in [1.165, 1.54) is 19.1 Å². The summed E-state index contributed by atoms with van der Waals surface area (Å²) in [5.41, 5.74) is -0.0691. The lowest BCUT2D eigenvalue weighted by Crippen LogP contribution is -2.30. The van der Waals surface area contributed by atoms with Crippen molar-refractivity contribution >= 4 is 48.4 Å². The lowest BCUT2D eigenvalue weighted by molar-refractivity contribution is -0.387. The predicted octanol–water partition coefficient (Wildman–Crippen LogP) is 2.71. The molecule has 4 rings (SSSR count). The predicted molar refractivity (Wildman–Crippen MR) is 110 cm³/mol. The Hall–Kier alpha value is -3.29. The van der Waals surface area contributed by atoms with Gasteiger partial charge in [0.05, 0.1) is 15.1 Å². The number of ether oxygens (including phenoxy) is 2. The molecule has 0 fully saturated rings. The number of rotatable bonds is 6. The lowest BCUT2D eigenvalue weighted by atomic mass is 10.3. The standard InChI is InChI=1S/C18H15N3O8S2/c1-10(29-31(25,26)16-5-3-2-4-12(16)21(23)24)17(22)20-18-19-11-8-13-14(9-15(11)30-18)28-7-6-27-13/h2-5,8-10H,6-7H2,1H3,(H,19,20,22)/t10-/m1/s1. The van der Waals surface area contributed by atoms with Crippen molar-refractivity contribution in [2.24, 2.45) is 0 Å². The van der Waals surface area contributed by atoms with Crippen LogP contribution in [0.4, 0.5) is 10.8 Å². The highest BCUT2D eigenvalue weighted by Gasteiger charge is 2.30. The number of nitrogens with zero attached hydrogens (tertiary/aromatic N) is 2. The third kappa shape index (κ3) is 4.28. The number of hydrogen-bond donors (Lipinski definition) is 1. The molecule has 1 atom stereocenters. The van der Waals surface area contributed by atoms with E-state index < -0.39 is 37.6 Å². The van der Waals surface area contributed by atoms with Crippen LogP contribution in [0.2, 0.25) is 0 Å². The quantitative estimate of drug-likeness (QED) is 0.330. The number of nitro groups is 1. The number of aromatic nitrogens is 1. The average molecular weight is 465 g/mol. The minimum Gasteiger partial charge on any atom is -0.486 e. The summed E-state index contributed by atoms with van der Waals surface area (Å²) >= 11 is 1.16. The molecule has 11 nitrogen and oxygen atoms in total. The number of anilines is 1. The molecule has 0 radical (unpaired) electrons. The van der Waals surface area contributed by atoms with Crippen LogP contribution in [0.3, 0.4) is 0 Å². The van der Waals surface area contributed by atoms with Crippen molar-refractivity contribution < 1.29 is 31.8 Å². The average Bonchev–Trinajstić information content (AvgIpc) is 3.12. The maximum Gasteiger partial charge on any atom is 0.304 e. The molecule has 2 heterocycles. The molecule has 1 N–H and O–H groups in total. The molecule has 3 aromatic rings. The number of amides is 1. The lowest BCUT2D eigenvalue weighted by Gasteiger charge is -2.17. The second-order valence-corrected chi connectivity index (χ2v) is 8.96. The van der Waals surface area contributed by atoms with E-state index in [2.05, 4.69) is 10.3 Å². The Morgan fingerprint density at radius 3 is 2.65 bits per heavy atom. The Labute approximate surface area is 179 Å². The summed E-state index contributed by atoms with van der Waals surface area (Å²) in [6.45, 7) is 2.08. The number of benzene rings is 2. The fourth-order valence-corrected chi connectivity index (χ4v) is 4.92.